The zero-order valence-corrected chi connectivity index (χ0v) is 7.45. The van der Waals surface area contributed by atoms with E-state index in [4.69, 9.17) is 10.5 Å². The van der Waals surface area contributed by atoms with E-state index in [1.54, 1.807) is 18.0 Å². The smallest absolute Gasteiger partial charge is 0.152 e. The van der Waals surface area contributed by atoms with E-state index in [0.717, 1.165) is 22.6 Å². The lowest BCUT2D eigenvalue weighted by atomic mass is 10.4. The van der Waals surface area contributed by atoms with Gasteiger partial charge in [-0.1, -0.05) is 23.1 Å². The lowest BCUT2D eigenvalue weighted by Crippen LogP contribution is -2.29. The van der Waals surface area contributed by atoms with Crippen molar-refractivity contribution in [3.05, 3.63) is 6.20 Å². The number of ether oxygens (including phenoxy) is 1. The van der Waals surface area contributed by atoms with Crippen LogP contribution in [0.3, 0.4) is 0 Å². The van der Waals surface area contributed by atoms with Crippen LogP contribution in [0, 0.1) is 0 Å². The SMILES string of the molecule is Nc1cnc(SC2COC2)s1. The average Bonchev–Trinajstić information content (AvgIpc) is 2.27. The molecule has 11 heavy (non-hydrogen) atoms. The molecule has 3 nitrogen and oxygen atoms in total. The molecule has 0 unspecified atom stereocenters. The monoisotopic (exact) mass is 188 g/mol. The van der Waals surface area contributed by atoms with E-state index < -0.39 is 0 Å². The molecule has 2 rings (SSSR count). The van der Waals surface area contributed by atoms with Gasteiger partial charge < -0.3 is 10.5 Å². The maximum Gasteiger partial charge on any atom is 0.152 e. The van der Waals surface area contributed by atoms with Crippen LogP contribution in [0.15, 0.2) is 10.5 Å². The molecule has 0 amide bonds. The molecule has 1 aliphatic rings. The largest absolute Gasteiger partial charge is 0.389 e. The molecule has 5 heteroatoms. The van der Waals surface area contributed by atoms with Crippen LogP contribution in [0.4, 0.5) is 5.00 Å². The maximum atomic E-state index is 5.53. The van der Waals surface area contributed by atoms with Gasteiger partial charge in [0.15, 0.2) is 4.34 Å². The van der Waals surface area contributed by atoms with E-state index in [2.05, 4.69) is 4.98 Å². The van der Waals surface area contributed by atoms with Crippen LogP contribution in [-0.2, 0) is 4.74 Å². The minimum Gasteiger partial charge on any atom is -0.389 e. The summed E-state index contributed by atoms with van der Waals surface area (Å²) in [6.07, 6.45) is 1.70. The molecule has 2 heterocycles. The van der Waals surface area contributed by atoms with Crippen molar-refractivity contribution in [2.75, 3.05) is 18.9 Å². The van der Waals surface area contributed by atoms with Crippen molar-refractivity contribution in [3.63, 3.8) is 0 Å². The fourth-order valence-electron chi connectivity index (χ4n) is 0.749. The zero-order chi connectivity index (χ0) is 7.68. The number of thioether (sulfide) groups is 1. The highest BCUT2D eigenvalue weighted by Gasteiger charge is 2.20. The number of nitrogens with zero attached hydrogens (tertiary/aromatic N) is 1. The maximum absolute atomic E-state index is 5.53. The number of hydrogen-bond acceptors (Lipinski definition) is 5. The Balaban J connectivity index is 1.95. The van der Waals surface area contributed by atoms with Gasteiger partial charge in [-0.05, 0) is 0 Å². The third kappa shape index (κ3) is 1.66. The van der Waals surface area contributed by atoms with E-state index in [0.29, 0.717) is 5.25 Å². The molecule has 1 aromatic rings. The van der Waals surface area contributed by atoms with Gasteiger partial charge in [-0.2, -0.15) is 0 Å². The Bertz CT molecular complexity index is 246. The highest BCUT2D eigenvalue weighted by Crippen LogP contribution is 2.31. The number of anilines is 1. The van der Waals surface area contributed by atoms with Gasteiger partial charge >= 0.3 is 0 Å². The summed E-state index contributed by atoms with van der Waals surface area (Å²) in [5.74, 6) is 0. The number of rotatable bonds is 2. The van der Waals surface area contributed by atoms with Gasteiger partial charge in [-0.25, -0.2) is 4.98 Å². The highest BCUT2D eigenvalue weighted by molar-refractivity contribution is 8.01. The lowest BCUT2D eigenvalue weighted by Gasteiger charge is -2.23. The molecule has 0 radical (unpaired) electrons. The van der Waals surface area contributed by atoms with Crippen molar-refractivity contribution < 1.29 is 4.74 Å². The number of aromatic nitrogens is 1. The summed E-state index contributed by atoms with van der Waals surface area (Å²) in [6, 6.07) is 0. The van der Waals surface area contributed by atoms with Gasteiger partial charge in [0.1, 0.15) is 5.00 Å². The molecule has 0 saturated carbocycles. The van der Waals surface area contributed by atoms with Crippen LogP contribution < -0.4 is 5.73 Å². The first-order chi connectivity index (χ1) is 5.34. The zero-order valence-electron chi connectivity index (χ0n) is 5.82. The second-order valence-corrected chi connectivity index (χ2v) is 4.92. The summed E-state index contributed by atoms with van der Waals surface area (Å²) in [7, 11) is 0. The molecule has 0 bridgehead atoms. The first-order valence-electron chi connectivity index (χ1n) is 3.30. The molecule has 1 saturated heterocycles. The fraction of sp³-hybridized carbons (Fsp3) is 0.500. The van der Waals surface area contributed by atoms with Crippen LogP contribution in [0.5, 0.6) is 0 Å². The topological polar surface area (TPSA) is 48.1 Å². The predicted octanol–water partition coefficient (Wildman–Crippen LogP) is 1.22. The first kappa shape index (κ1) is 7.39. The number of nitrogens with two attached hydrogens (primary N) is 1. The van der Waals surface area contributed by atoms with E-state index >= 15 is 0 Å². The van der Waals surface area contributed by atoms with Crippen molar-refractivity contribution in [2.45, 2.75) is 9.59 Å². The number of thiazole rings is 1. The van der Waals surface area contributed by atoms with Crippen LogP contribution >= 0.6 is 23.1 Å². The Morgan fingerprint density at radius 1 is 1.73 bits per heavy atom. The molecule has 1 aliphatic heterocycles. The molecule has 0 aliphatic carbocycles. The third-order valence-electron chi connectivity index (χ3n) is 1.38. The lowest BCUT2D eigenvalue weighted by molar-refractivity contribution is 0.0455. The van der Waals surface area contributed by atoms with Crippen molar-refractivity contribution >= 4 is 28.1 Å². The summed E-state index contributed by atoms with van der Waals surface area (Å²) < 4.78 is 6.09. The molecular weight excluding hydrogens is 180 g/mol. The predicted molar refractivity (Wildman–Crippen MR) is 47.0 cm³/mol. The molecule has 0 spiro atoms. The van der Waals surface area contributed by atoms with Crippen LogP contribution in [0.25, 0.3) is 0 Å². The van der Waals surface area contributed by atoms with Gasteiger partial charge in [0, 0.05) is 0 Å². The summed E-state index contributed by atoms with van der Waals surface area (Å²) in [6.45, 7) is 1.70. The Labute approximate surface area is 73.0 Å². The van der Waals surface area contributed by atoms with Crippen molar-refractivity contribution in [1.29, 1.82) is 0 Å². The van der Waals surface area contributed by atoms with E-state index in [1.807, 2.05) is 0 Å². The van der Waals surface area contributed by atoms with Crippen LogP contribution in [0.2, 0.25) is 0 Å². The van der Waals surface area contributed by atoms with E-state index in [1.165, 1.54) is 11.3 Å². The summed E-state index contributed by atoms with van der Waals surface area (Å²) in [5, 5.41) is 1.38. The van der Waals surface area contributed by atoms with E-state index in [-0.39, 0.29) is 0 Å². The molecule has 60 valence electrons. The number of hydrogen-bond donors (Lipinski definition) is 1. The minimum atomic E-state index is 0.598. The highest BCUT2D eigenvalue weighted by atomic mass is 32.2. The Morgan fingerprint density at radius 2 is 2.55 bits per heavy atom. The molecular formula is C6H8N2OS2. The number of nitrogen functional groups attached to an aromatic ring is 1. The molecule has 1 fully saturated rings. The Kier molecular flexibility index (Phi) is 2.02. The summed E-state index contributed by atoms with van der Waals surface area (Å²) in [5.41, 5.74) is 5.53. The Hall–Kier alpha value is -0.260. The quantitative estimate of drug-likeness (QED) is 0.758. The van der Waals surface area contributed by atoms with Gasteiger partial charge in [-0.3, -0.25) is 0 Å². The van der Waals surface area contributed by atoms with Crippen LogP contribution in [-0.4, -0.2) is 23.4 Å². The summed E-state index contributed by atoms with van der Waals surface area (Å²) in [4.78, 5) is 4.14. The van der Waals surface area contributed by atoms with Gasteiger partial charge in [0.2, 0.25) is 0 Å². The molecule has 2 N–H and O–H groups in total. The van der Waals surface area contributed by atoms with E-state index in [9.17, 15) is 0 Å². The van der Waals surface area contributed by atoms with Crippen LogP contribution in [0.1, 0.15) is 0 Å². The van der Waals surface area contributed by atoms with Crippen molar-refractivity contribution in [1.82, 2.24) is 4.98 Å². The van der Waals surface area contributed by atoms with Gasteiger partial charge in [-0.15, -0.1) is 0 Å². The minimum absolute atomic E-state index is 0.598. The molecule has 1 aromatic heterocycles. The Morgan fingerprint density at radius 3 is 3.00 bits per heavy atom. The molecule has 0 aromatic carbocycles. The second-order valence-electron chi connectivity index (χ2n) is 2.31. The van der Waals surface area contributed by atoms with Gasteiger partial charge in [0.25, 0.3) is 0 Å². The second kappa shape index (κ2) is 3.00. The molecule has 0 atom stereocenters. The van der Waals surface area contributed by atoms with Crippen molar-refractivity contribution in [2.24, 2.45) is 0 Å². The normalized spacial score (nSPS) is 18.2. The van der Waals surface area contributed by atoms with Gasteiger partial charge in [0.05, 0.1) is 24.7 Å². The first-order valence-corrected chi connectivity index (χ1v) is 5.00. The summed E-state index contributed by atoms with van der Waals surface area (Å²) >= 11 is 3.29. The van der Waals surface area contributed by atoms with Crippen molar-refractivity contribution in [3.8, 4) is 0 Å². The standard InChI is InChI=1S/C6H8N2OS2/c7-5-1-8-6(11-5)10-4-2-9-3-4/h1,4H,2-3,7H2. The average molecular weight is 188 g/mol. The third-order valence-corrected chi connectivity index (χ3v) is 3.45. The fourth-order valence-corrected chi connectivity index (χ4v) is 2.78.